The molecule has 4 rings (SSSR count). The lowest BCUT2D eigenvalue weighted by Gasteiger charge is -2.11. The average Bonchev–Trinajstić information content (AvgIpc) is 3.36. The number of benzene rings is 2. The molecule has 29 heavy (non-hydrogen) atoms. The van der Waals surface area contributed by atoms with Crippen LogP contribution in [-0.2, 0) is 30.6 Å². The van der Waals surface area contributed by atoms with Gasteiger partial charge in [0.25, 0.3) is 5.91 Å². The van der Waals surface area contributed by atoms with E-state index in [1.54, 1.807) is 7.11 Å². The summed E-state index contributed by atoms with van der Waals surface area (Å²) < 4.78 is 12.8. The van der Waals surface area contributed by atoms with Crippen LogP contribution in [-0.4, -0.2) is 34.1 Å². The molecule has 0 radical (unpaired) electrons. The SMILES string of the molecule is CCc1c(NC(=O)[C@@H]2Cc3ccccc3O2)nnn1CCc1ccc(OC)cc1. The Morgan fingerprint density at radius 2 is 2.03 bits per heavy atom. The molecule has 150 valence electrons. The maximum atomic E-state index is 12.7. The number of methoxy groups -OCH3 is 1. The Bertz CT molecular complexity index is 973. The predicted octanol–water partition coefficient (Wildman–Crippen LogP) is 3.03. The van der Waals surface area contributed by atoms with Crippen molar-refractivity contribution < 1.29 is 14.3 Å². The number of aryl methyl sites for hydroxylation is 2. The number of nitrogens with zero attached hydrogens (tertiary/aromatic N) is 3. The van der Waals surface area contributed by atoms with Crippen molar-refractivity contribution in [1.82, 2.24) is 15.0 Å². The topological polar surface area (TPSA) is 78.3 Å². The van der Waals surface area contributed by atoms with Crippen LogP contribution >= 0.6 is 0 Å². The smallest absolute Gasteiger partial charge is 0.267 e. The molecule has 0 spiro atoms. The number of ether oxygens (including phenoxy) is 2. The molecule has 1 atom stereocenters. The summed E-state index contributed by atoms with van der Waals surface area (Å²) in [7, 11) is 1.66. The molecule has 0 unspecified atom stereocenters. The number of anilines is 1. The van der Waals surface area contributed by atoms with E-state index in [4.69, 9.17) is 9.47 Å². The predicted molar refractivity (Wildman–Crippen MR) is 109 cm³/mol. The van der Waals surface area contributed by atoms with Gasteiger partial charge in [0.05, 0.1) is 12.8 Å². The minimum Gasteiger partial charge on any atom is -0.497 e. The number of rotatable bonds is 7. The largest absolute Gasteiger partial charge is 0.497 e. The van der Waals surface area contributed by atoms with Crippen molar-refractivity contribution in [3.05, 3.63) is 65.4 Å². The lowest BCUT2D eigenvalue weighted by molar-refractivity contribution is -0.122. The Balaban J connectivity index is 1.40. The monoisotopic (exact) mass is 392 g/mol. The molecule has 3 aromatic rings. The van der Waals surface area contributed by atoms with Crippen molar-refractivity contribution in [2.24, 2.45) is 0 Å². The number of fused-ring (bicyclic) bond motifs is 1. The summed E-state index contributed by atoms with van der Waals surface area (Å²) in [4.78, 5) is 12.7. The number of carbonyl (C=O) groups is 1. The van der Waals surface area contributed by atoms with Gasteiger partial charge in [-0.2, -0.15) is 0 Å². The molecule has 0 fully saturated rings. The Morgan fingerprint density at radius 3 is 2.76 bits per heavy atom. The number of aromatic nitrogens is 3. The minimum absolute atomic E-state index is 0.196. The first-order chi connectivity index (χ1) is 14.2. The first-order valence-electron chi connectivity index (χ1n) is 9.78. The van der Waals surface area contributed by atoms with Crippen LogP contribution in [0, 0.1) is 0 Å². The van der Waals surface area contributed by atoms with E-state index in [0.29, 0.717) is 18.8 Å². The molecule has 0 aliphatic carbocycles. The lowest BCUT2D eigenvalue weighted by atomic mass is 10.1. The van der Waals surface area contributed by atoms with Gasteiger partial charge in [-0.3, -0.25) is 4.79 Å². The third kappa shape index (κ3) is 4.08. The molecule has 1 aliphatic rings. The fourth-order valence-corrected chi connectivity index (χ4v) is 3.51. The number of hydrogen-bond acceptors (Lipinski definition) is 5. The van der Waals surface area contributed by atoms with E-state index in [1.165, 1.54) is 5.56 Å². The highest BCUT2D eigenvalue weighted by molar-refractivity contribution is 5.94. The van der Waals surface area contributed by atoms with Crippen molar-refractivity contribution in [1.29, 1.82) is 0 Å². The normalized spacial score (nSPS) is 14.9. The van der Waals surface area contributed by atoms with E-state index in [2.05, 4.69) is 15.6 Å². The van der Waals surface area contributed by atoms with E-state index >= 15 is 0 Å². The third-order valence-corrected chi connectivity index (χ3v) is 5.13. The second kappa shape index (κ2) is 8.34. The zero-order chi connectivity index (χ0) is 20.2. The van der Waals surface area contributed by atoms with Crippen LogP contribution in [0.2, 0.25) is 0 Å². The number of hydrogen-bond donors (Lipinski definition) is 1. The summed E-state index contributed by atoms with van der Waals surface area (Å²) in [6.07, 6.45) is 1.56. The summed E-state index contributed by atoms with van der Waals surface area (Å²) in [5.41, 5.74) is 3.14. The highest BCUT2D eigenvalue weighted by Crippen LogP contribution is 2.28. The van der Waals surface area contributed by atoms with Gasteiger partial charge < -0.3 is 14.8 Å². The van der Waals surface area contributed by atoms with Crippen LogP contribution < -0.4 is 14.8 Å². The van der Waals surface area contributed by atoms with Crippen LogP contribution in [0.1, 0.15) is 23.7 Å². The number of para-hydroxylation sites is 1. The van der Waals surface area contributed by atoms with Crippen molar-refractivity contribution in [3.63, 3.8) is 0 Å². The summed E-state index contributed by atoms with van der Waals surface area (Å²) in [6, 6.07) is 15.7. The molecule has 1 aromatic heterocycles. The highest BCUT2D eigenvalue weighted by atomic mass is 16.5. The van der Waals surface area contributed by atoms with Gasteiger partial charge in [0.2, 0.25) is 0 Å². The quantitative estimate of drug-likeness (QED) is 0.669. The summed E-state index contributed by atoms with van der Waals surface area (Å²) in [5.74, 6) is 1.92. The van der Waals surface area contributed by atoms with Gasteiger partial charge >= 0.3 is 0 Å². The van der Waals surface area contributed by atoms with Gasteiger partial charge in [0, 0.05) is 13.0 Å². The zero-order valence-electron chi connectivity index (χ0n) is 16.6. The number of carbonyl (C=O) groups excluding carboxylic acids is 1. The molecule has 0 bridgehead atoms. The highest BCUT2D eigenvalue weighted by Gasteiger charge is 2.30. The minimum atomic E-state index is -0.540. The molecule has 1 N–H and O–H groups in total. The van der Waals surface area contributed by atoms with Crippen LogP contribution in [0.25, 0.3) is 0 Å². The van der Waals surface area contributed by atoms with Gasteiger partial charge in [0.1, 0.15) is 11.5 Å². The van der Waals surface area contributed by atoms with Gasteiger partial charge in [-0.25, -0.2) is 4.68 Å². The Kier molecular flexibility index (Phi) is 5.46. The van der Waals surface area contributed by atoms with Gasteiger partial charge in [-0.15, -0.1) is 5.10 Å². The summed E-state index contributed by atoms with van der Waals surface area (Å²) >= 11 is 0. The van der Waals surface area contributed by atoms with E-state index in [0.717, 1.165) is 35.6 Å². The Hall–Kier alpha value is -3.35. The van der Waals surface area contributed by atoms with Crippen LogP contribution in [0.15, 0.2) is 48.5 Å². The molecule has 0 saturated carbocycles. The fraction of sp³-hybridized carbons (Fsp3) is 0.318. The Labute approximate surface area is 169 Å². The summed E-state index contributed by atoms with van der Waals surface area (Å²) in [6.45, 7) is 2.71. The van der Waals surface area contributed by atoms with E-state index in [1.807, 2.05) is 60.1 Å². The molecule has 7 heteroatoms. The van der Waals surface area contributed by atoms with E-state index in [9.17, 15) is 4.79 Å². The van der Waals surface area contributed by atoms with Crippen LogP contribution in [0.3, 0.4) is 0 Å². The van der Waals surface area contributed by atoms with Crippen molar-refractivity contribution >= 4 is 11.7 Å². The van der Waals surface area contributed by atoms with Crippen molar-refractivity contribution in [2.75, 3.05) is 12.4 Å². The lowest BCUT2D eigenvalue weighted by Crippen LogP contribution is -2.32. The second-order valence-corrected chi connectivity index (χ2v) is 6.97. The maximum absolute atomic E-state index is 12.7. The van der Waals surface area contributed by atoms with Crippen LogP contribution in [0.5, 0.6) is 11.5 Å². The molecule has 2 aromatic carbocycles. The molecule has 2 heterocycles. The fourth-order valence-electron chi connectivity index (χ4n) is 3.51. The molecular formula is C22H24N4O3. The maximum Gasteiger partial charge on any atom is 0.267 e. The van der Waals surface area contributed by atoms with Gasteiger partial charge in [-0.05, 0) is 42.2 Å². The standard InChI is InChI=1S/C22H24N4O3/c1-3-18-21(23-22(27)20-14-16-6-4-5-7-19(16)29-20)24-25-26(18)13-12-15-8-10-17(28-2)11-9-15/h4-11,20H,3,12-14H2,1-2H3,(H,23,27)/t20-/m0/s1. The van der Waals surface area contributed by atoms with E-state index < -0.39 is 6.10 Å². The third-order valence-electron chi connectivity index (χ3n) is 5.13. The molecule has 7 nitrogen and oxygen atoms in total. The number of nitrogens with one attached hydrogen (secondary N) is 1. The first-order valence-corrected chi connectivity index (χ1v) is 9.78. The van der Waals surface area contributed by atoms with E-state index in [-0.39, 0.29) is 5.91 Å². The molecule has 1 amide bonds. The summed E-state index contributed by atoms with van der Waals surface area (Å²) in [5, 5.41) is 11.3. The van der Waals surface area contributed by atoms with Gasteiger partial charge in [-0.1, -0.05) is 42.5 Å². The van der Waals surface area contributed by atoms with Crippen molar-refractivity contribution in [2.45, 2.75) is 38.8 Å². The number of amides is 1. The zero-order valence-corrected chi connectivity index (χ0v) is 16.6. The Morgan fingerprint density at radius 1 is 1.24 bits per heavy atom. The first kappa shape index (κ1) is 19.0. The molecule has 0 saturated heterocycles. The molecular weight excluding hydrogens is 368 g/mol. The van der Waals surface area contributed by atoms with Crippen molar-refractivity contribution in [3.8, 4) is 11.5 Å². The second-order valence-electron chi connectivity index (χ2n) is 6.97. The van der Waals surface area contributed by atoms with Crippen LogP contribution in [0.4, 0.5) is 5.82 Å². The average molecular weight is 392 g/mol. The molecule has 1 aliphatic heterocycles. The van der Waals surface area contributed by atoms with Gasteiger partial charge in [0.15, 0.2) is 11.9 Å².